The second-order valence-electron chi connectivity index (χ2n) is 9.23. The molecule has 1 radical (unpaired) electrons. The van der Waals surface area contributed by atoms with E-state index in [2.05, 4.69) is 34.2 Å². The van der Waals surface area contributed by atoms with Gasteiger partial charge in [0.15, 0.2) is 5.78 Å². The van der Waals surface area contributed by atoms with Crippen LogP contribution in [0.2, 0.25) is 0 Å². The number of benzene rings is 5. The monoisotopic (exact) mass is 657 g/mol. The molecule has 5 aromatic carbocycles. The normalized spacial score (nSPS) is 11.2. The Morgan fingerprint density at radius 3 is 1.50 bits per heavy atom. The van der Waals surface area contributed by atoms with E-state index >= 15 is 0 Å². The molecule has 0 amide bonds. The van der Waals surface area contributed by atoms with Gasteiger partial charge >= 0.3 is 0 Å². The topological polar surface area (TPSA) is 63.1 Å². The zero-order valence-electron chi connectivity index (χ0n) is 21.4. The number of aromatic nitrogens is 2. The molecule has 1 N–H and O–H groups in total. The number of pyridine rings is 2. The van der Waals surface area contributed by atoms with Crippen molar-refractivity contribution >= 4 is 54.9 Å². The molecule has 0 bridgehead atoms. The van der Waals surface area contributed by atoms with Crippen molar-refractivity contribution in [3.8, 4) is 0 Å². The van der Waals surface area contributed by atoms with Gasteiger partial charge in [0.1, 0.15) is 5.76 Å². The predicted octanol–water partition coefficient (Wildman–Crippen LogP) is 8.56. The van der Waals surface area contributed by atoms with Gasteiger partial charge in [-0.1, -0.05) is 97.1 Å². The average molecular weight is 657 g/mol. The Bertz CT molecular complexity index is 1960. The summed E-state index contributed by atoms with van der Waals surface area (Å²) in [4.78, 5) is 21.2. The third-order valence-electron chi connectivity index (χ3n) is 6.69. The van der Waals surface area contributed by atoms with Crippen LogP contribution in [0.3, 0.4) is 0 Å². The van der Waals surface area contributed by atoms with Gasteiger partial charge in [-0.25, -0.2) is 0 Å². The van der Waals surface area contributed by atoms with Crippen molar-refractivity contribution in [1.29, 1.82) is 0 Å². The minimum Gasteiger partial charge on any atom is -0.507 e. The van der Waals surface area contributed by atoms with Gasteiger partial charge in [0.2, 0.25) is 0 Å². The van der Waals surface area contributed by atoms with Crippen molar-refractivity contribution in [2.45, 2.75) is 0 Å². The Kier molecular flexibility index (Phi) is 8.76. The molecule has 0 aliphatic carbocycles. The molecule has 7 rings (SSSR count). The SMILES string of the molecule is O=C(C=C(O)c1ccc2ccccc2c1)c1ccc2ccccc2c1.[Eu].c1cnc2c(c1)ccc1cccnc12. The first kappa shape index (κ1) is 27.8. The molecule has 0 spiro atoms. The fourth-order valence-corrected chi connectivity index (χ4v) is 4.66. The fraction of sp³-hybridized carbons (Fsp3) is 0. The number of carbonyl (C=O) groups is 1. The van der Waals surface area contributed by atoms with Gasteiger partial charge in [-0.15, -0.1) is 0 Å². The standard InChI is InChI=1S/C23H16O2.C12H8N2.Eu/c24-22(20-11-9-16-5-1-3-7-18(16)13-20)15-23(25)21-12-10-17-6-2-4-8-19(17)14-21;1-3-9-5-6-10-4-2-8-14-12(10)11(9)13-7-1;/h1-15,24H;1-8H;. The molecule has 5 heteroatoms. The van der Waals surface area contributed by atoms with Crippen LogP contribution in [-0.4, -0.2) is 20.9 Å². The summed E-state index contributed by atoms with van der Waals surface area (Å²) in [6, 6.07) is 39.1. The Morgan fingerprint density at radius 2 is 0.950 bits per heavy atom. The van der Waals surface area contributed by atoms with Crippen molar-refractivity contribution < 1.29 is 59.3 Å². The number of allylic oxidation sites excluding steroid dienone is 1. The summed E-state index contributed by atoms with van der Waals surface area (Å²) in [5.74, 6) is -0.236. The number of hydrogen-bond donors (Lipinski definition) is 1. The molecule has 7 aromatic rings. The van der Waals surface area contributed by atoms with E-state index < -0.39 is 0 Å². The van der Waals surface area contributed by atoms with E-state index in [0.717, 1.165) is 43.4 Å². The summed E-state index contributed by atoms with van der Waals surface area (Å²) in [6.45, 7) is 0. The number of aliphatic hydroxyl groups is 1. The summed E-state index contributed by atoms with van der Waals surface area (Å²) < 4.78 is 0. The molecule has 0 atom stereocenters. The van der Waals surface area contributed by atoms with Gasteiger partial charge in [-0.05, 0) is 45.8 Å². The summed E-state index contributed by atoms with van der Waals surface area (Å²) >= 11 is 0. The zero-order valence-corrected chi connectivity index (χ0v) is 23.8. The van der Waals surface area contributed by atoms with Gasteiger partial charge in [-0.3, -0.25) is 14.8 Å². The van der Waals surface area contributed by atoms with Crippen LogP contribution in [0.25, 0.3) is 49.1 Å². The Hall–Kier alpha value is -3.77. The molecule has 0 saturated heterocycles. The molecule has 2 aromatic heterocycles. The van der Waals surface area contributed by atoms with E-state index in [-0.39, 0.29) is 60.9 Å². The van der Waals surface area contributed by atoms with Gasteiger partial charge in [0.05, 0.1) is 11.0 Å². The molecule has 0 aliphatic heterocycles. The van der Waals surface area contributed by atoms with E-state index in [9.17, 15) is 9.90 Å². The van der Waals surface area contributed by atoms with E-state index in [1.165, 1.54) is 6.08 Å². The van der Waals surface area contributed by atoms with Crippen LogP contribution >= 0.6 is 0 Å². The molecule has 4 nitrogen and oxygen atoms in total. The van der Waals surface area contributed by atoms with Crippen LogP contribution < -0.4 is 0 Å². The Labute approximate surface area is 272 Å². The number of nitrogens with zero attached hydrogens (tertiary/aromatic N) is 2. The van der Waals surface area contributed by atoms with Crippen LogP contribution in [0.5, 0.6) is 0 Å². The number of ketones is 1. The number of hydrogen-bond acceptors (Lipinski definition) is 4. The van der Waals surface area contributed by atoms with Crippen LogP contribution in [0.15, 0.2) is 140 Å². The van der Waals surface area contributed by atoms with Gasteiger partial charge in [-0.2, -0.15) is 0 Å². The van der Waals surface area contributed by atoms with E-state index in [1.807, 2.05) is 91.0 Å². The zero-order chi connectivity index (χ0) is 26.6. The van der Waals surface area contributed by atoms with Gasteiger partial charge < -0.3 is 5.11 Å². The maximum atomic E-state index is 12.5. The summed E-state index contributed by atoms with van der Waals surface area (Å²) in [7, 11) is 0. The van der Waals surface area contributed by atoms with Crippen molar-refractivity contribution in [3.63, 3.8) is 0 Å². The number of carbonyl (C=O) groups excluding carboxylic acids is 1. The maximum Gasteiger partial charge on any atom is 0.189 e. The molecule has 2 heterocycles. The maximum absolute atomic E-state index is 12.5. The summed E-state index contributed by atoms with van der Waals surface area (Å²) in [5, 5.41) is 16.9. The number of rotatable bonds is 3. The van der Waals surface area contributed by atoms with Crippen LogP contribution in [-0.2, 0) is 0 Å². The largest absolute Gasteiger partial charge is 0.507 e. The number of aliphatic hydroxyl groups excluding tert-OH is 1. The Morgan fingerprint density at radius 1 is 0.525 bits per heavy atom. The van der Waals surface area contributed by atoms with E-state index in [1.54, 1.807) is 18.5 Å². The first-order chi connectivity index (χ1) is 19.2. The minimum absolute atomic E-state index is 0. The summed E-state index contributed by atoms with van der Waals surface area (Å²) in [5.41, 5.74) is 3.15. The first-order valence-electron chi connectivity index (χ1n) is 12.7. The van der Waals surface area contributed by atoms with Crippen LogP contribution in [0, 0.1) is 49.4 Å². The van der Waals surface area contributed by atoms with Crippen molar-refractivity contribution in [2.75, 3.05) is 0 Å². The van der Waals surface area contributed by atoms with Crippen LogP contribution in [0.4, 0.5) is 0 Å². The molecule has 0 fully saturated rings. The first-order valence-corrected chi connectivity index (χ1v) is 12.7. The van der Waals surface area contributed by atoms with E-state index in [0.29, 0.717) is 11.1 Å². The predicted molar refractivity (Wildman–Crippen MR) is 160 cm³/mol. The quantitative estimate of drug-likeness (QED) is 0.0897. The smallest absolute Gasteiger partial charge is 0.189 e. The number of fused-ring (bicyclic) bond motifs is 5. The van der Waals surface area contributed by atoms with E-state index in [4.69, 9.17) is 0 Å². The third kappa shape index (κ3) is 6.02. The second-order valence-corrected chi connectivity index (χ2v) is 9.23. The minimum atomic E-state index is -0.212. The Balaban J connectivity index is 0.000000182. The molecular formula is C35H24EuN2O2. The van der Waals surface area contributed by atoms with Gasteiger partial charge in [0, 0.05) is 89.7 Å². The molecule has 0 aliphatic rings. The molecule has 0 saturated carbocycles. The molecule has 193 valence electrons. The average Bonchev–Trinajstić information content (AvgIpc) is 3.00. The van der Waals surface area contributed by atoms with Crippen molar-refractivity contribution in [3.05, 3.63) is 151 Å². The second kappa shape index (κ2) is 12.6. The van der Waals surface area contributed by atoms with Gasteiger partial charge in [0.25, 0.3) is 0 Å². The summed E-state index contributed by atoms with van der Waals surface area (Å²) in [6.07, 6.45) is 4.89. The molecule has 0 unspecified atom stereocenters. The fourth-order valence-electron chi connectivity index (χ4n) is 4.66. The third-order valence-corrected chi connectivity index (χ3v) is 6.69. The molecule has 40 heavy (non-hydrogen) atoms. The van der Waals surface area contributed by atoms with Crippen molar-refractivity contribution in [1.82, 2.24) is 9.97 Å². The molecular weight excluding hydrogens is 632 g/mol. The van der Waals surface area contributed by atoms with Crippen LogP contribution in [0.1, 0.15) is 15.9 Å². The van der Waals surface area contributed by atoms with Crippen molar-refractivity contribution in [2.24, 2.45) is 0 Å².